The highest BCUT2D eigenvalue weighted by Crippen LogP contribution is 2.42. The van der Waals surface area contributed by atoms with Gasteiger partial charge in [0, 0.05) is 45.0 Å². The van der Waals surface area contributed by atoms with Gasteiger partial charge in [-0.2, -0.15) is 0 Å². The van der Waals surface area contributed by atoms with E-state index in [-0.39, 0.29) is 5.91 Å². The van der Waals surface area contributed by atoms with Crippen molar-refractivity contribution < 1.29 is 4.79 Å². The Balaban J connectivity index is 1.07. The number of allylic oxidation sites excluding steroid dienone is 1. The summed E-state index contributed by atoms with van der Waals surface area (Å²) in [5, 5.41) is 0. The first-order valence-corrected chi connectivity index (χ1v) is 17.6. The maximum absolute atomic E-state index is 13.3. The highest BCUT2D eigenvalue weighted by molar-refractivity contribution is 5.92. The van der Waals surface area contributed by atoms with Crippen LogP contribution in [0.1, 0.15) is 108 Å². The normalized spacial score (nSPS) is 20.7. The van der Waals surface area contributed by atoms with Crippen LogP contribution in [0.15, 0.2) is 37.2 Å². The zero-order chi connectivity index (χ0) is 31.4. The second-order valence-electron chi connectivity index (χ2n) is 14.4. The fourth-order valence-electron chi connectivity index (χ4n) is 7.86. The van der Waals surface area contributed by atoms with Crippen molar-refractivity contribution in [2.75, 3.05) is 49.1 Å². The molecular weight excluding hydrogens is 542 g/mol. The lowest BCUT2D eigenvalue weighted by Crippen LogP contribution is -2.52. The maximum Gasteiger partial charge on any atom is 0.274 e. The maximum atomic E-state index is 13.3. The first kappa shape index (κ1) is 32.5. The standard InChI is InChI=1S/C38H57N5O/c1-8-27(4)22-38(10-3)15-19-41(20-16-38)36-24-39-35(23-40-36)37(44)42-17-13-31(14-18-42)32-25-43(26-32)33-11-12-34(29(6)21-33)30(7)28(5)9-2/h11-12,21,23-24,27-28,31-32H,7-10,13-20,22,25-26H2,1-6H3. The van der Waals surface area contributed by atoms with Gasteiger partial charge < -0.3 is 14.7 Å². The smallest absolute Gasteiger partial charge is 0.274 e. The number of amides is 1. The van der Waals surface area contributed by atoms with Crippen LogP contribution in [0.5, 0.6) is 0 Å². The zero-order valence-electron chi connectivity index (χ0n) is 28.4. The van der Waals surface area contributed by atoms with Crippen LogP contribution in [0.2, 0.25) is 0 Å². The number of piperidine rings is 2. The van der Waals surface area contributed by atoms with Gasteiger partial charge in [0.15, 0.2) is 0 Å². The number of carbonyl (C=O) groups is 1. The van der Waals surface area contributed by atoms with E-state index in [1.165, 1.54) is 54.5 Å². The van der Waals surface area contributed by atoms with Crippen LogP contribution in [0.25, 0.3) is 5.57 Å². The molecule has 3 fully saturated rings. The topological polar surface area (TPSA) is 52.6 Å². The van der Waals surface area contributed by atoms with Crippen LogP contribution in [-0.2, 0) is 0 Å². The van der Waals surface area contributed by atoms with Crippen LogP contribution < -0.4 is 9.80 Å². The van der Waals surface area contributed by atoms with E-state index in [4.69, 9.17) is 4.98 Å². The zero-order valence-corrected chi connectivity index (χ0v) is 28.4. The summed E-state index contributed by atoms with van der Waals surface area (Å²) >= 11 is 0. The minimum atomic E-state index is 0.0319. The third-order valence-corrected chi connectivity index (χ3v) is 11.8. The Morgan fingerprint density at radius 2 is 1.66 bits per heavy atom. The minimum Gasteiger partial charge on any atom is -0.371 e. The molecule has 6 nitrogen and oxygen atoms in total. The Hall–Kier alpha value is -2.89. The lowest BCUT2D eigenvalue weighted by atomic mass is 9.70. The summed E-state index contributed by atoms with van der Waals surface area (Å²) in [7, 11) is 0. The van der Waals surface area contributed by atoms with Crippen LogP contribution in [0, 0.1) is 36.0 Å². The number of anilines is 2. The second kappa shape index (κ2) is 14.0. The van der Waals surface area contributed by atoms with Crippen molar-refractivity contribution in [1.29, 1.82) is 0 Å². The predicted octanol–water partition coefficient (Wildman–Crippen LogP) is 8.27. The lowest BCUT2D eigenvalue weighted by Gasteiger charge is -2.47. The fourth-order valence-corrected chi connectivity index (χ4v) is 7.86. The number of carbonyl (C=O) groups excluding carboxylic acids is 1. The number of aryl methyl sites for hydroxylation is 1. The molecule has 44 heavy (non-hydrogen) atoms. The van der Waals surface area contributed by atoms with Gasteiger partial charge in [-0.3, -0.25) is 4.79 Å². The number of likely N-dealkylation sites (tertiary alicyclic amines) is 1. The molecule has 0 saturated carbocycles. The molecule has 240 valence electrons. The molecule has 0 N–H and O–H groups in total. The van der Waals surface area contributed by atoms with E-state index in [0.717, 1.165) is 70.3 Å². The monoisotopic (exact) mass is 599 g/mol. The van der Waals surface area contributed by atoms with E-state index in [0.29, 0.717) is 28.9 Å². The second-order valence-corrected chi connectivity index (χ2v) is 14.4. The molecule has 0 bridgehead atoms. The van der Waals surface area contributed by atoms with Crippen LogP contribution in [0.4, 0.5) is 11.5 Å². The number of hydrogen-bond acceptors (Lipinski definition) is 5. The van der Waals surface area contributed by atoms with Crippen LogP contribution >= 0.6 is 0 Å². The summed E-state index contributed by atoms with van der Waals surface area (Å²) in [4.78, 5) is 29.5. The first-order chi connectivity index (χ1) is 21.2. The Morgan fingerprint density at radius 1 is 0.955 bits per heavy atom. The van der Waals surface area contributed by atoms with Crippen LogP contribution in [0.3, 0.4) is 0 Å². The van der Waals surface area contributed by atoms with E-state index in [1.54, 1.807) is 6.20 Å². The molecule has 4 heterocycles. The summed E-state index contributed by atoms with van der Waals surface area (Å²) in [6.07, 6.45) is 13.1. The molecule has 3 aliphatic rings. The first-order valence-electron chi connectivity index (χ1n) is 17.6. The minimum absolute atomic E-state index is 0.0319. The number of nitrogens with zero attached hydrogens (tertiary/aromatic N) is 5. The highest BCUT2D eigenvalue weighted by atomic mass is 16.2. The van der Waals surface area contributed by atoms with Crippen molar-refractivity contribution in [3.63, 3.8) is 0 Å². The molecule has 2 atom stereocenters. The van der Waals surface area contributed by atoms with Gasteiger partial charge >= 0.3 is 0 Å². The van der Waals surface area contributed by atoms with Gasteiger partial charge in [-0.15, -0.1) is 0 Å². The number of rotatable bonds is 11. The molecular formula is C38H57N5O. The average Bonchev–Trinajstić information content (AvgIpc) is 3.04. The molecule has 1 aromatic carbocycles. The van der Waals surface area contributed by atoms with Gasteiger partial charge in [0.2, 0.25) is 0 Å². The molecule has 3 saturated heterocycles. The predicted molar refractivity (Wildman–Crippen MR) is 184 cm³/mol. The number of benzene rings is 1. The Kier molecular flexibility index (Phi) is 10.4. The van der Waals surface area contributed by atoms with Crippen molar-refractivity contribution in [2.45, 2.75) is 92.9 Å². The van der Waals surface area contributed by atoms with E-state index in [9.17, 15) is 4.79 Å². The summed E-state index contributed by atoms with van der Waals surface area (Å²) in [5.74, 6) is 3.63. The molecule has 2 aromatic rings. The van der Waals surface area contributed by atoms with Gasteiger partial charge in [0.05, 0.1) is 12.4 Å². The Bertz CT molecular complexity index is 1270. The molecule has 6 heteroatoms. The fraction of sp³-hybridized carbons (Fsp3) is 0.658. The van der Waals surface area contributed by atoms with E-state index < -0.39 is 0 Å². The number of aromatic nitrogens is 2. The van der Waals surface area contributed by atoms with Crippen molar-refractivity contribution in [3.05, 3.63) is 54.0 Å². The van der Waals surface area contributed by atoms with E-state index >= 15 is 0 Å². The SMILES string of the molecule is C=C(c1ccc(N2CC(C3CCN(C(=O)c4cnc(N5CCC(CC)(CC(C)CC)CC5)cn4)CC3)C2)cc1C)C(C)CC. The Labute approximate surface area is 267 Å². The molecule has 2 unspecified atom stereocenters. The largest absolute Gasteiger partial charge is 0.371 e. The highest BCUT2D eigenvalue weighted by Gasteiger charge is 2.37. The molecule has 1 amide bonds. The van der Waals surface area contributed by atoms with Gasteiger partial charge in [-0.25, -0.2) is 9.97 Å². The summed E-state index contributed by atoms with van der Waals surface area (Å²) in [6.45, 7) is 24.0. The molecule has 0 aliphatic carbocycles. The molecule has 5 rings (SSSR count). The summed E-state index contributed by atoms with van der Waals surface area (Å²) in [5.41, 5.74) is 6.15. The van der Waals surface area contributed by atoms with Crippen molar-refractivity contribution in [1.82, 2.24) is 14.9 Å². The van der Waals surface area contributed by atoms with Crippen molar-refractivity contribution in [3.8, 4) is 0 Å². The third-order valence-electron chi connectivity index (χ3n) is 11.8. The lowest BCUT2D eigenvalue weighted by molar-refractivity contribution is 0.0637. The molecule has 0 radical (unpaired) electrons. The quantitative estimate of drug-likeness (QED) is 0.260. The van der Waals surface area contributed by atoms with Crippen molar-refractivity contribution >= 4 is 23.0 Å². The summed E-state index contributed by atoms with van der Waals surface area (Å²) < 4.78 is 0. The van der Waals surface area contributed by atoms with Gasteiger partial charge in [0.25, 0.3) is 5.91 Å². The number of hydrogen-bond donors (Lipinski definition) is 0. The van der Waals surface area contributed by atoms with Crippen LogP contribution in [-0.4, -0.2) is 60.0 Å². The van der Waals surface area contributed by atoms with Gasteiger partial charge in [0.1, 0.15) is 11.5 Å². The average molecular weight is 600 g/mol. The van der Waals surface area contributed by atoms with Gasteiger partial charge in [-0.1, -0.05) is 60.1 Å². The third kappa shape index (κ3) is 7.00. The molecule has 0 spiro atoms. The molecule has 3 aliphatic heterocycles. The van der Waals surface area contributed by atoms with Crippen molar-refractivity contribution in [2.24, 2.45) is 29.1 Å². The van der Waals surface area contributed by atoms with E-state index in [2.05, 4.69) is 81.1 Å². The van der Waals surface area contributed by atoms with E-state index in [1.807, 2.05) is 11.1 Å². The Morgan fingerprint density at radius 3 is 2.23 bits per heavy atom. The van der Waals surface area contributed by atoms with Gasteiger partial charge in [-0.05, 0) is 103 Å². The molecule has 1 aromatic heterocycles. The summed E-state index contributed by atoms with van der Waals surface area (Å²) in [6, 6.07) is 6.88.